The van der Waals surface area contributed by atoms with E-state index in [2.05, 4.69) is 15.6 Å². The van der Waals surface area contributed by atoms with Crippen LogP contribution < -0.4 is 20.1 Å². The molecule has 2 aliphatic rings. The molecule has 0 atom stereocenters. The topological polar surface area (TPSA) is 54.9 Å². The van der Waals surface area contributed by atoms with Crippen LogP contribution in [0.3, 0.4) is 0 Å². The van der Waals surface area contributed by atoms with Crippen LogP contribution in [0.15, 0.2) is 23.2 Å². The second-order valence-electron chi connectivity index (χ2n) is 4.94. The monoisotopic (exact) mass is 261 g/mol. The highest BCUT2D eigenvalue weighted by atomic mass is 16.7. The standard InChI is InChI=1S/C14H19N3O2/c1-15-14(16-7-10-2-3-10)17-8-11-4-5-12-13(6-11)19-9-18-12/h4-6,10H,2-3,7-9H2,1H3,(H2,15,16,17). The van der Waals surface area contributed by atoms with E-state index in [0.717, 1.165) is 42.0 Å². The fourth-order valence-electron chi connectivity index (χ4n) is 2.02. The summed E-state index contributed by atoms with van der Waals surface area (Å²) in [7, 11) is 1.79. The molecule has 102 valence electrons. The molecule has 0 unspecified atom stereocenters. The number of nitrogens with one attached hydrogen (secondary N) is 2. The van der Waals surface area contributed by atoms with Gasteiger partial charge in [-0.05, 0) is 36.5 Å². The highest BCUT2D eigenvalue weighted by Crippen LogP contribution is 2.32. The van der Waals surface area contributed by atoms with Gasteiger partial charge in [-0.2, -0.15) is 0 Å². The average molecular weight is 261 g/mol. The summed E-state index contributed by atoms with van der Waals surface area (Å²) in [4.78, 5) is 4.21. The van der Waals surface area contributed by atoms with Crippen LogP contribution >= 0.6 is 0 Å². The summed E-state index contributed by atoms with van der Waals surface area (Å²) in [5, 5.41) is 6.64. The minimum absolute atomic E-state index is 0.316. The molecule has 0 amide bonds. The molecular weight excluding hydrogens is 242 g/mol. The lowest BCUT2D eigenvalue weighted by atomic mass is 10.2. The molecule has 5 nitrogen and oxygen atoms in total. The molecule has 1 aliphatic heterocycles. The van der Waals surface area contributed by atoms with Crippen molar-refractivity contribution in [2.24, 2.45) is 10.9 Å². The molecule has 0 bridgehead atoms. The van der Waals surface area contributed by atoms with Gasteiger partial charge in [0.1, 0.15) is 0 Å². The number of nitrogens with zero attached hydrogens (tertiary/aromatic N) is 1. The van der Waals surface area contributed by atoms with Crippen LogP contribution in [-0.4, -0.2) is 26.3 Å². The van der Waals surface area contributed by atoms with E-state index in [1.807, 2.05) is 18.2 Å². The minimum atomic E-state index is 0.316. The van der Waals surface area contributed by atoms with Gasteiger partial charge in [0.25, 0.3) is 0 Å². The summed E-state index contributed by atoms with van der Waals surface area (Å²) in [6.07, 6.45) is 2.68. The van der Waals surface area contributed by atoms with E-state index in [-0.39, 0.29) is 0 Å². The molecular formula is C14H19N3O2. The largest absolute Gasteiger partial charge is 0.454 e. The van der Waals surface area contributed by atoms with E-state index in [1.165, 1.54) is 12.8 Å². The maximum absolute atomic E-state index is 5.36. The van der Waals surface area contributed by atoms with E-state index in [1.54, 1.807) is 7.05 Å². The van der Waals surface area contributed by atoms with E-state index in [4.69, 9.17) is 9.47 Å². The van der Waals surface area contributed by atoms with Crippen molar-refractivity contribution in [1.82, 2.24) is 10.6 Å². The number of benzene rings is 1. The van der Waals surface area contributed by atoms with Crippen LogP contribution in [0.4, 0.5) is 0 Å². The molecule has 0 spiro atoms. The SMILES string of the molecule is CN=C(NCc1ccc2c(c1)OCO2)NCC1CC1. The van der Waals surface area contributed by atoms with Crippen LogP contribution in [0.25, 0.3) is 0 Å². The van der Waals surface area contributed by atoms with Gasteiger partial charge in [0.05, 0.1) is 0 Å². The van der Waals surface area contributed by atoms with Crippen molar-refractivity contribution >= 4 is 5.96 Å². The van der Waals surface area contributed by atoms with Crippen molar-refractivity contribution in [3.05, 3.63) is 23.8 Å². The molecule has 1 aromatic rings. The Hall–Kier alpha value is -1.91. The molecule has 1 aliphatic carbocycles. The number of hydrogen-bond donors (Lipinski definition) is 2. The molecule has 1 fully saturated rings. The number of hydrogen-bond acceptors (Lipinski definition) is 3. The molecule has 19 heavy (non-hydrogen) atoms. The van der Waals surface area contributed by atoms with Gasteiger partial charge in [-0.15, -0.1) is 0 Å². The highest BCUT2D eigenvalue weighted by molar-refractivity contribution is 5.79. The Bertz CT molecular complexity index is 484. The van der Waals surface area contributed by atoms with Gasteiger partial charge in [-0.3, -0.25) is 4.99 Å². The van der Waals surface area contributed by atoms with Crippen LogP contribution in [-0.2, 0) is 6.54 Å². The quantitative estimate of drug-likeness (QED) is 0.637. The molecule has 2 N–H and O–H groups in total. The smallest absolute Gasteiger partial charge is 0.231 e. The highest BCUT2D eigenvalue weighted by Gasteiger charge is 2.21. The Morgan fingerprint density at radius 2 is 2.11 bits per heavy atom. The second-order valence-corrected chi connectivity index (χ2v) is 4.94. The zero-order valence-electron chi connectivity index (χ0n) is 11.1. The summed E-state index contributed by atoms with van der Waals surface area (Å²) in [6.45, 7) is 2.05. The Labute approximate surface area is 113 Å². The lowest BCUT2D eigenvalue weighted by Gasteiger charge is -2.11. The fourth-order valence-corrected chi connectivity index (χ4v) is 2.02. The van der Waals surface area contributed by atoms with Gasteiger partial charge in [-0.25, -0.2) is 0 Å². The predicted molar refractivity (Wildman–Crippen MR) is 73.5 cm³/mol. The van der Waals surface area contributed by atoms with Crippen molar-refractivity contribution in [2.75, 3.05) is 20.4 Å². The zero-order valence-corrected chi connectivity index (χ0v) is 11.1. The van der Waals surface area contributed by atoms with Crippen molar-refractivity contribution in [3.63, 3.8) is 0 Å². The number of ether oxygens (including phenoxy) is 2. The number of guanidine groups is 1. The average Bonchev–Trinajstić information content (AvgIpc) is 3.15. The molecule has 1 heterocycles. The van der Waals surface area contributed by atoms with E-state index < -0.39 is 0 Å². The molecule has 1 saturated carbocycles. The van der Waals surface area contributed by atoms with Gasteiger partial charge in [0.2, 0.25) is 6.79 Å². The molecule has 0 saturated heterocycles. The third kappa shape index (κ3) is 3.10. The zero-order chi connectivity index (χ0) is 13.1. The molecule has 5 heteroatoms. The number of fused-ring (bicyclic) bond motifs is 1. The van der Waals surface area contributed by atoms with Gasteiger partial charge in [-0.1, -0.05) is 6.07 Å². The first-order valence-electron chi connectivity index (χ1n) is 6.68. The lowest BCUT2D eigenvalue weighted by Crippen LogP contribution is -2.37. The Balaban J connectivity index is 1.52. The molecule has 3 rings (SSSR count). The van der Waals surface area contributed by atoms with Crippen LogP contribution in [0.2, 0.25) is 0 Å². The minimum Gasteiger partial charge on any atom is -0.454 e. The first-order valence-corrected chi connectivity index (χ1v) is 6.68. The fraction of sp³-hybridized carbons (Fsp3) is 0.500. The summed E-state index contributed by atoms with van der Waals surface area (Å²) in [5.41, 5.74) is 1.15. The first kappa shape index (κ1) is 12.1. The third-order valence-corrected chi connectivity index (χ3v) is 3.38. The predicted octanol–water partition coefficient (Wildman–Crippen LogP) is 1.49. The molecule has 1 aromatic carbocycles. The van der Waals surface area contributed by atoms with E-state index in [9.17, 15) is 0 Å². The van der Waals surface area contributed by atoms with Crippen LogP contribution in [0.5, 0.6) is 11.5 Å². The number of rotatable bonds is 4. The van der Waals surface area contributed by atoms with Gasteiger partial charge in [0.15, 0.2) is 17.5 Å². The van der Waals surface area contributed by atoms with Crippen molar-refractivity contribution in [3.8, 4) is 11.5 Å². The Kier molecular flexibility index (Phi) is 3.44. The second kappa shape index (κ2) is 5.38. The maximum Gasteiger partial charge on any atom is 0.231 e. The Morgan fingerprint density at radius 3 is 2.89 bits per heavy atom. The summed E-state index contributed by atoms with van der Waals surface area (Å²) < 4.78 is 10.7. The third-order valence-electron chi connectivity index (χ3n) is 3.38. The van der Waals surface area contributed by atoms with Crippen molar-refractivity contribution < 1.29 is 9.47 Å². The van der Waals surface area contributed by atoms with E-state index in [0.29, 0.717) is 6.79 Å². The molecule has 0 radical (unpaired) electrons. The normalized spacial score (nSPS) is 17.4. The van der Waals surface area contributed by atoms with Crippen LogP contribution in [0, 0.1) is 5.92 Å². The summed E-state index contributed by atoms with van der Waals surface area (Å²) in [5.74, 6) is 3.33. The Morgan fingerprint density at radius 1 is 1.26 bits per heavy atom. The summed E-state index contributed by atoms with van der Waals surface area (Å²) in [6, 6.07) is 5.98. The first-order chi connectivity index (χ1) is 9.35. The van der Waals surface area contributed by atoms with Gasteiger partial charge in [0, 0.05) is 20.1 Å². The van der Waals surface area contributed by atoms with Gasteiger partial charge >= 0.3 is 0 Å². The number of aliphatic imine (C=N–C) groups is 1. The summed E-state index contributed by atoms with van der Waals surface area (Å²) >= 11 is 0. The van der Waals surface area contributed by atoms with Crippen molar-refractivity contribution in [1.29, 1.82) is 0 Å². The molecule has 0 aromatic heterocycles. The lowest BCUT2D eigenvalue weighted by molar-refractivity contribution is 0.174. The van der Waals surface area contributed by atoms with E-state index >= 15 is 0 Å². The van der Waals surface area contributed by atoms with Crippen LogP contribution in [0.1, 0.15) is 18.4 Å². The maximum atomic E-state index is 5.36. The van der Waals surface area contributed by atoms with Crippen molar-refractivity contribution in [2.45, 2.75) is 19.4 Å². The van der Waals surface area contributed by atoms with Gasteiger partial charge < -0.3 is 20.1 Å².